The number of anilines is 2. The maximum Gasteiger partial charge on any atom is 0.319 e. The summed E-state index contributed by atoms with van der Waals surface area (Å²) in [5.41, 5.74) is 1.90. The van der Waals surface area contributed by atoms with Gasteiger partial charge in [-0.25, -0.2) is 9.18 Å². The van der Waals surface area contributed by atoms with E-state index in [1.165, 1.54) is 12.1 Å². The highest BCUT2D eigenvalue weighted by atomic mass is 19.1. The lowest BCUT2D eigenvalue weighted by Gasteiger charge is -2.29. The van der Waals surface area contributed by atoms with Crippen LogP contribution in [-0.4, -0.2) is 37.3 Å². The Morgan fingerprint density at radius 1 is 1.28 bits per heavy atom. The number of pyridine rings is 1. The smallest absolute Gasteiger partial charge is 0.319 e. The SMILES string of the molecule is CC(NC(=O)Nc1cc(F)cc(N2CCOCC2)c1)c1ccccn1. The van der Waals surface area contributed by atoms with Crippen molar-refractivity contribution in [2.45, 2.75) is 13.0 Å². The first-order valence-electron chi connectivity index (χ1n) is 8.23. The van der Waals surface area contributed by atoms with Gasteiger partial charge in [-0.3, -0.25) is 4.98 Å². The molecule has 2 N–H and O–H groups in total. The summed E-state index contributed by atoms with van der Waals surface area (Å²) < 4.78 is 19.2. The number of hydrogen-bond donors (Lipinski definition) is 2. The van der Waals surface area contributed by atoms with Crippen LogP contribution < -0.4 is 15.5 Å². The summed E-state index contributed by atoms with van der Waals surface area (Å²) >= 11 is 0. The maximum absolute atomic E-state index is 13.9. The quantitative estimate of drug-likeness (QED) is 0.895. The van der Waals surface area contributed by atoms with E-state index in [4.69, 9.17) is 4.74 Å². The number of nitrogens with zero attached hydrogens (tertiary/aromatic N) is 2. The standard InChI is InChI=1S/C18H21FN4O2/c1-13(17-4-2-3-5-20-17)21-18(24)22-15-10-14(19)11-16(12-15)23-6-8-25-9-7-23/h2-5,10-13H,6-9H2,1H3,(H2,21,22,24). The summed E-state index contributed by atoms with van der Waals surface area (Å²) in [4.78, 5) is 18.4. The van der Waals surface area contributed by atoms with Gasteiger partial charge in [0.05, 0.1) is 24.9 Å². The Morgan fingerprint density at radius 2 is 2.08 bits per heavy atom. The average Bonchev–Trinajstić information content (AvgIpc) is 2.62. The number of benzene rings is 1. The largest absolute Gasteiger partial charge is 0.378 e. The number of nitrogens with one attached hydrogen (secondary N) is 2. The third kappa shape index (κ3) is 4.67. The summed E-state index contributed by atoms with van der Waals surface area (Å²) in [6, 6.07) is 9.38. The number of halogens is 1. The van der Waals surface area contributed by atoms with Crippen LogP contribution >= 0.6 is 0 Å². The minimum Gasteiger partial charge on any atom is -0.378 e. The molecule has 0 aliphatic carbocycles. The van der Waals surface area contributed by atoms with Crippen LogP contribution in [0.2, 0.25) is 0 Å². The Balaban J connectivity index is 1.65. The van der Waals surface area contributed by atoms with Crippen LogP contribution in [0.1, 0.15) is 18.7 Å². The topological polar surface area (TPSA) is 66.5 Å². The minimum atomic E-state index is -0.406. The van der Waals surface area contributed by atoms with Gasteiger partial charge in [0.25, 0.3) is 0 Å². The van der Waals surface area contributed by atoms with Crippen molar-refractivity contribution >= 4 is 17.4 Å². The maximum atomic E-state index is 13.9. The molecule has 7 heteroatoms. The van der Waals surface area contributed by atoms with Gasteiger partial charge >= 0.3 is 6.03 Å². The van der Waals surface area contributed by atoms with E-state index in [1.807, 2.05) is 30.0 Å². The average molecular weight is 344 g/mol. The number of aromatic nitrogens is 1. The third-order valence-corrected chi connectivity index (χ3v) is 4.00. The van der Waals surface area contributed by atoms with Crippen molar-refractivity contribution in [3.8, 4) is 0 Å². The molecule has 1 aromatic heterocycles. The number of carbonyl (C=O) groups excluding carboxylic acids is 1. The predicted octanol–water partition coefficient (Wildman–Crippen LogP) is 2.94. The molecular formula is C18H21FN4O2. The first kappa shape index (κ1) is 17.2. The predicted molar refractivity (Wildman–Crippen MR) is 94.2 cm³/mol. The highest BCUT2D eigenvalue weighted by Crippen LogP contribution is 2.23. The van der Waals surface area contributed by atoms with Crippen molar-refractivity contribution in [2.75, 3.05) is 36.5 Å². The van der Waals surface area contributed by atoms with Crippen molar-refractivity contribution in [3.05, 3.63) is 54.1 Å². The van der Waals surface area contributed by atoms with Crippen LogP contribution in [0.25, 0.3) is 0 Å². The lowest BCUT2D eigenvalue weighted by atomic mass is 10.2. The van der Waals surface area contributed by atoms with Crippen LogP contribution in [0.5, 0.6) is 0 Å². The van der Waals surface area contributed by atoms with E-state index in [0.717, 1.165) is 11.4 Å². The van der Waals surface area contributed by atoms with E-state index in [2.05, 4.69) is 15.6 Å². The molecule has 25 heavy (non-hydrogen) atoms. The number of hydrogen-bond acceptors (Lipinski definition) is 4. The van der Waals surface area contributed by atoms with Crippen molar-refractivity contribution in [1.29, 1.82) is 0 Å². The lowest BCUT2D eigenvalue weighted by molar-refractivity contribution is 0.122. The first-order chi connectivity index (χ1) is 12.1. The van der Waals surface area contributed by atoms with Gasteiger partial charge in [-0.1, -0.05) is 6.07 Å². The van der Waals surface area contributed by atoms with Crippen molar-refractivity contribution < 1.29 is 13.9 Å². The van der Waals surface area contributed by atoms with Gasteiger partial charge in [0.1, 0.15) is 5.82 Å². The summed E-state index contributed by atoms with van der Waals surface area (Å²) in [6.07, 6.45) is 1.67. The second-order valence-electron chi connectivity index (χ2n) is 5.87. The molecule has 2 heterocycles. The van der Waals surface area contributed by atoms with E-state index in [-0.39, 0.29) is 6.04 Å². The Kier molecular flexibility index (Phi) is 5.45. The molecule has 0 saturated carbocycles. The first-order valence-corrected chi connectivity index (χ1v) is 8.23. The second-order valence-corrected chi connectivity index (χ2v) is 5.87. The zero-order chi connectivity index (χ0) is 17.6. The Bertz CT molecular complexity index is 720. The van der Waals surface area contributed by atoms with Gasteiger partial charge in [-0.15, -0.1) is 0 Å². The minimum absolute atomic E-state index is 0.256. The van der Waals surface area contributed by atoms with Crippen LogP contribution in [0.15, 0.2) is 42.6 Å². The molecular weight excluding hydrogens is 323 g/mol. The Hall–Kier alpha value is -2.67. The van der Waals surface area contributed by atoms with Crippen LogP contribution in [-0.2, 0) is 4.74 Å². The molecule has 1 atom stereocenters. The van der Waals surface area contributed by atoms with Crippen LogP contribution in [0, 0.1) is 5.82 Å². The highest BCUT2D eigenvalue weighted by Gasteiger charge is 2.15. The number of carbonyl (C=O) groups is 1. The number of urea groups is 1. The van der Waals surface area contributed by atoms with Crippen LogP contribution in [0.3, 0.4) is 0 Å². The van der Waals surface area contributed by atoms with Gasteiger partial charge in [0, 0.05) is 30.7 Å². The third-order valence-electron chi connectivity index (χ3n) is 4.00. The van der Waals surface area contributed by atoms with Crippen molar-refractivity contribution in [3.63, 3.8) is 0 Å². The summed E-state index contributed by atoms with van der Waals surface area (Å²) in [5.74, 6) is -0.392. The molecule has 2 aromatic rings. The summed E-state index contributed by atoms with van der Waals surface area (Å²) in [7, 11) is 0. The zero-order valence-corrected chi connectivity index (χ0v) is 14.0. The van der Waals surface area contributed by atoms with Gasteiger partial charge < -0.3 is 20.3 Å². The fourth-order valence-electron chi connectivity index (χ4n) is 2.72. The van der Waals surface area contributed by atoms with E-state index in [1.54, 1.807) is 12.3 Å². The number of amides is 2. The van der Waals surface area contributed by atoms with Crippen LogP contribution in [0.4, 0.5) is 20.6 Å². The second kappa shape index (κ2) is 7.94. The molecule has 3 rings (SSSR count). The van der Waals surface area contributed by atoms with Crippen molar-refractivity contribution in [2.24, 2.45) is 0 Å². The fraction of sp³-hybridized carbons (Fsp3) is 0.333. The monoisotopic (exact) mass is 344 g/mol. The molecule has 1 aromatic carbocycles. The van der Waals surface area contributed by atoms with Gasteiger partial charge in [0.2, 0.25) is 0 Å². The Labute approximate surface area is 146 Å². The molecule has 0 bridgehead atoms. The molecule has 1 aliphatic rings. The molecule has 6 nitrogen and oxygen atoms in total. The molecule has 1 aliphatic heterocycles. The van der Waals surface area contributed by atoms with Gasteiger partial charge in [-0.2, -0.15) is 0 Å². The highest BCUT2D eigenvalue weighted by molar-refractivity contribution is 5.90. The normalized spacial score (nSPS) is 15.5. The van der Waals surface area contributed by atoms with E-state index >= 15 is 0 Å². The summed E-state index contributed by atoms with van der Waals surface area (Å²) in [6.45, 7) is 4.47. The summed E-state index contributed by atoms with van der Waals surface area (Å²) in [5, 5.41) is 5.48. The number of rotatable bonds is 4. The molecule has 2 amide bonds. The van der Waals surface area contributed by atoms with Crippen molar-refractivity contribution in [1.82, 2.24) is 10.3 Å². The number of morpholine rings is 1. The number of ether oxygens (including phenoxy) is 1. The molecule has 1 unspecified atom stereocenters. The fourth-order valence-corrected chi connectivity index (χ4v) is 2.72. The van der Waals surface area contributed by atoms with E-state index in [0.29, 0.717) is 32.0 Å². The lowest BCUT2D eigenvalue weighted by Crippen LogP contribution is -2.36. The molecule has 132 valence electrons. The van der Waals surface area contributed by atoms with Gasteiger partial charge in [-0.05, 0) is 37.3 Å². The van der Waals surface area contributed by atoms with E-state index in [9.17, 15) is 9.18 Å². The van der Waals surface area contributed by atoms with E-state index < -0.39 is 11.8 Å². The molecule has 1 fully saturated rings. The Morgan fingerprint density at radius 3 is 2.80 bits per heavy atom. The molecule has 0 spiro atoms. The van der Waals surface area contributed by atoms with Gasteiger partial charge in [0.15, 0.2) is 0 Å². The zero-order valence-electron chi connectivity index (χ0n) is 14.0. The molecule has 0 radical (unpaired) electrons. The molecule has 1 saturated heterocycles.